The van der Waals surface area contributed by atoms with Gasteiger partial charge in [-0.25, -0.2) is 8.78 Å². The highest BCUT2D eigenvalue weighted by molar-refractivity contribution is 5.39. The fourth-order valence-corrected chi connectivity index (χ4v) is 1.66. The highest BCUT2D eigenvalue weighted by Crippen LogP contribution is 2.31. The number of aliphatic hydroxyl groups is 1. The van der Waals surface area contributed by atoms with Crippen molar-refractivity contribution in [2.75, 3.05) is 0 Å². The van der Waals surface area contributed by atoms with Crippen LogP contribution >= 0.6 is 0 Å². The first-order chi connectivity index (χ1) is 8.54. The van der Waals surface area contributed by atoms with Gasteiger partial charge in [0.15, 0.2) is 0 Å². The minimum atomic E-state index is -2.82. The number of hydrogen-bond acceptors (Lipinski definition) is 2. The summed E-state index contributed by atoms with van der Waals surface area (Å²) in [6.07, 6.45) is 0. The normalized spacial score (nSPS) is 13.7. The fraction of sp³-hybridized carbons (Fsp3) is 0.0714. The number of hydrogen-bond donors (Lipinski definition) is 1. The van der Waals surface area contributed by atoms with Gasteiger partial charge in [0, 0.05) is 11.1 Å². The van der Waals surface area contributed by atoms with Crippen molar-refractivity contribution in [3.05, 3.63) is 71.0 Å². The maximum atomic E-state index is 14.3. The molecule has 1 unspecified atom stereocenters. The Kier molecular flexibility index (Phi) is 3.09. The van der Waals surface area contributed by atoms with Gasteiger partial charge >= 0.3 is 0 Å². The lowest BCUT2D eigenvalue weighted by Crippen LogP contribution is -2.21. The molecule has 0 aliphatic rings. The van der Waals surface area contributed by atoms with Crippen LogP contribution in [0.25, 0.3) is 0 Å². The van der Waals surface area contributed by atoms with Crippen LogP contribution in [0.1, 0.15) is 16.7 Å². The minimum Gasteiger partial charge on any atom is -0.355 e. The molecule has 0 bridgehead atoms. The molecule has 0 aliphatic heterocycles. The second-order valence-electron chi connectivity index (χ2n) is 3.83. The summed E-state index contributed by atoms with van der Waals surface area (Å²) in [4.78, 5) is 0. The third kappa shape index (κ3) is 2.22. The Morgan fingerprint density at radius 3 is 2.28 bits per heavy atom. The van der Waals surface area contributed by atoms with E-state index in [9.17, 15) is 13.9 Å². The molecule has 0 saturated heterocycles. The lowest BCUT2D eigenvalue weighted by Gasteiger charge is -2.20. The van der Waals surface area contributed by atoms with Gasteiger partial charge in [0.2, 0.25) is 0 Å². The van der Waals surface area contributed by atoms with Crippen LogP contribution in [-0.4, -0.2) is 5.11 Å². The Morgan fingerprint density at radius 1 is 1.06 bits per heavy atom. The van der Waals surface area contributed by atoms with Crippen LogP contribution in [0.2, 0.25) is 0 Å². The average molecular weight is 245 g/mol. The first-order valence-corrected chi connectivity index (χ1v) is 5.22. The second kappa shape index (κ2) is 4.55. The van der Waals surface area contributed by atoms with Gasteiger partial charge in [-0.1, -0.05) is 24.3 Å². The molecule has 1 N–H and O–H groups in total. The number of halogens is 2. The van der Waals surface area contributed by atoms with Gasteiger partial charge in [-0.2, -0.15) is 5.26 Å². The summed E-state index contributed by atoms with van der Waals surface area (Å²) in [6, 6.07) is 12.0. The lowest BCUT2D eigenvalue weighted by molar-refractivity contribution is -0.0548. The first-order valence-electron chi connectivity index (χ1n) is 5.22. The van der Waals surface area contributed by atoms with Crippen LogP contribution in [0, 0.1) is 17.1 Å². The molecule has 0 aromatic heterocycles. The molecular weight excluding hydrogens is 236 g/mol. The van der Waals surface area contributed by atoms with Gasteiger partial charge in [-0.05, 0) is 24.3 Å². The van der Waals surface area contributed by atoms with Crippen LogP contribution in [-0.2, 0) is 5.85 Å². The monoisotopic (exact) mass is 245 g/mol. The van der Waals surface area contributed by atoms with Crippen LogP contribution in [0.15, 0.2) is 48.5 Å². The van der Waals surface area contributed by atoms with E-state index in [1.165, 1.54) is 36.4 Å². The van der Waals surface area contributed by atoms with Gasteiger partial charge in [0.05, 0.1) is 11.6 Å². The minimum absolute atomic E-state index is 0.104. The molecule has 2 aromatic carbocycles. The molecule has 0 aliphatic carbocycles. The maximum Gasteiger partial charge on any atom is 0.259 e. The van der Waals surface area contributed by atoms with E-state index in [2.05, 4.69) is 0 Å². The van der Waals surface area contributed by atoms with Crippen molar-refractivity contribution in [2.45, 2.75) is 5.85 Å². The second-order valence-corrected chi connectivity index (χ2v) is 3.83. The van der Waals surface area contributed by atoms with Crippen molar-refractivity contribution in [3.63, 3.8) is 0 Å². The molecule has 0 amide bonds. The summed E-state index contributed by atoms with van der Waals surface area (Å²) >= 11 is 0. The van der Waals surface area contributed by atoms with Crippen molar-refractivity contribution in [1.29, 1.82) is 5.26 Å². The fourth-order valence-electron chi connectivity index (χ4n) is 1.66. The number of benzene rings is 2. The quantitative estimate of drug-likeness (QED) is 0.884. The molecule has 2 nitrogen and oxygen atoms in total. The van der Waals surface area contributed by atoms with Crippen LogP contribution < -0.4 is 0 Å². The van der Waals surface area contributed by atoms with E-state index >= 15 is 0 Å². The Morgan fingerprint density at radius 2 is 1.67 bits per heavy atom. The van der Waals surface area contributed by atoms with E-state index in [0.717, 1.165) is 12.1 Å². The Labute approximate surface area is 103 Å². The molecule has 2 rings (SSSR count). The largest absolute Gasteiger partial charge is 0.355 e. The van der Waals surface area contributed by atoms with Gasteiger partial charge in [0.1, 0.15) is 5.82 Å². The molecule has 0 fully saturated rings. The Balaban J connectivity index is 2.50. The van der Waals surface area contributed by atoms with E-state index < -0.39 is 11.7 Å². The van der Waals surface area contributed by atoms with E-state index in [4.69, 9.17) is 5.26 Å². The predicted octanol–water partition coefficient (Wildman–Crippen LogP) is 2.86. The molecule has 0 heterocycles. The summed E-state index contributed by atoms with van der Waals surface area (Å²) in [5, 5.41) is 18.6. The molecule has 0 saturated carbocycles. The molecular formula is C14H9F2NO. The summed E-state index contributed by atoms with van der Waals surface area (Å²) in [5.41, 5.74) is -0.0929. The van der Waals surface area contributed by atoms with E-state index in [-0.39, 0.29) is 16.7 Å². The third-order valence-corrected chi connectivity index (χ3v) is 2.58. The summed E-state index contributed by atoms with van der Waals surface area (Å²) in [6.45, 7) is 0. The standard InChI is InChI=1S/C14H9F2NO/c15-13-6-2-5-12(8-13)14(16,18)11-4-1-3-10(7-11)9-17/h1-8,18H. The topological polar surface area (TPSA) is 44.0 Å². The zero-order chi connectivity index (χ0) is 13.2. The summed E-state index contributed by atoms with van der Waals surface area (Å²) in [5.74, 6) is -3.46. The first kappa shape index (κ1) is 12.2. The molecule has 90 valence electrons. The lowest BCUT2D eigenvalue weighted by atomic mass is 9.97. The zero-order valence-corrected chi connectivity index (χ0v) is 9.27. The van der Waals surface area contributed by atoms with Crippen molar-refractivity contribution in [3.8, 4) is 6.07 Å². The molecule has 18 heavy (non-hydrogen) atoms. The zero-order valence-electron chi connectivity index (χ0n) is 9.27. The molecule has 4 heteroatoms. The van der Waals surface area contributed by atoms with Gasteiger partial charge in [-0.3, -0.25) is 0 Å². The highest BCUT2D eigenvalue weighted by atomic mass is 19.2. The van der Waals surface area contributed by atoms with Crippen molar-refractivity contribution < 1.29 is 13.9 Å². The maximum absolute atomic E-state index is 14.3. The number of nitrogens with zero attached hydrogens (tertiary/aromatic N) is 1. The summed E-state index contributed by atoms with van der Waals surface area (Å²) < 4.78 is 27.4. The van der Waals surface area contributed by atoms with E-state index in [1.54, 1.807) is 0 Å². The molecule has 2 aromatic rings. The number of rotatable bonds is 2. The average Bonchev–Trinajstić information content (AvgIpc) is 2.39. The number of alkyl halides is 1. The van der Waals surface area contributed by atoms with Crippen LogP contribution in [0.5, 0.6) is 0 Å². The van der Waals surface area contributed by atoms with E-state index in [0.29, 0.717) is 0 Å². The summed E-state index contributed by atoms with van der Waals surface area (Å²) in [7, 11) is 0. The van der Waals surface area contributed by atoms with Gasteiger partial charge < -0.3 is 5.11 Å². The van der Waals surface area contributed by atoms with Crippen molar-refractivity contribution in [2.24, 2.45) is 0 Å². The molecule has 1 atom stereocenters. The van der Waals surface area contributed by atoms with Crippen LogP contribution in [0.3, 0.4) is 0 Å². The third-order valence-electron chi connectivity index (χ3n) is 2.58. The molecule has 0 spiro atoms. The SMILES string of the molecule is N#Cc1cccc(C(O)(F)c2cccc(F)c2)c1. The smallest absolute Gasteiger partial charge is 0.259 e. The van der Waals surface area contributed by atoms with Crippen molar-refractivity contribution >= 4 is 0 Å². The molecule has 0 radical (unpaired) electrons. The Hall–Kier alpha value is -2.25. The predicted molar refractivity (Wildman–Crippen MR) is 61.7 cm³/mol. The Bertz CT molecular complexity index is 617. The van der Waals surface area contributed by atoms with Crippen LogP contribution in [0.4, 0.5) is 8.78 Å². The van der Waals surface area contributed by atoms with E-state index in [1.807, 2.05) is 6.07 Å². The van der Waals surface area contributed by atoms with Gasteiger partial charge in [0.25, 0.3) is 5.85 Å². The van der Waals surface area contributed by atoms with Gasteiger partial charge in [-0.15, -0.1) is 0 Å². The number of nitriles is 1. The van der Waals surface area contributed by atoms with Crippen molar-refractivity contribution in [1.82, 2.24) is 0 Å². The highest BCUT2D eigenvalue weighted by Gasteiger charge is 2.31.